The second-order valence-electron chi connectivity index (χ2n) is 9.70. The Morgan fingerprint density at radius 3 is 2.49 bits per heavy atom. The van der Waals surface area contributed by atoms with Crippen LogP contribution in [0.15, 0.2) is 48.7 Å². The van der Waals surface area contributed by atoms with Gasteiger partial charge >= 0.3 is 6.18 Å². The quantitative estimate of drug-likeness (QED) is 0.543. The SMILES string of the molecule is O=C(N[C@@H](CO)c1ccccc1)c1ncccc1OC[C@H]1CCCN1C(=O)[C@H]1CC[C@H](C(F)(F)F)CC1. The number of hydrogen-bond donors (Lipinski definition) is 2. The van der Waals surface area contributed by atoms with Gasteiger partial charge in [-0.25, -0.2) is 4.98 Å². The first kappa shape index (κ1) is 26.9. The van der Waals surface area contributed by atoms with Crippen molar-refractivity contribution in [2.24, 2.45) is 11.8 Å². The Hall–Kier alpha value is -3.14. The molecule has 2 amide bonds. The van der Waals surface area contributed by atoms with E-state index in [1.54, 1.807) is 29.2 Å². The van der Waals surface area contributed by atoms with Crippen LogP contribution in [0, 0.1) is 11.8 Å². The molecule has 1 aliphatic heterocycles. The molecule has 7 nitrogen and oxygen atoms in total. The molecular weight excluding hydrogens is 487 g/mol. The summed E-state index contributed by atoms with van der Waals surface area (Å²) >= 11 is 0. The predicted octanol–water partition coefficient (Wildman–Crippen LogP) is 4.28. The summed E-state index contributed by atoms with van der Waals surface area (Å²) in [7, 11) is 0. The van der Waals surface area contributed by atoms with Crippen LogP contribution in [0.4, 0.5) is 13.2 Å². The third kappa shape index (κ3) is 6.60. The number of nitrogens with one attached hydrogen (secondary N) is 1. The van der Waals surface area contributed by atoms with Crippen LogP contribution in [0.1, 0.15) is 60.6 Å². The van der Waals surface area contributed by atoms with E-state index in [2.05, 4.69) is 10.3 Å². The molecule has 0 spiro atoms. The van der Waals surface area contributed by atoms with Gasteiger partial charge in [-0.2, -0.15) is 13.2 Å². The van der Waals surface area contributed by atoms with Gasteiger partial charge in [-0.15, -0.1) is 0 Å². The maximum Gasteiger partial charge on any atom is 0.391 e. The average molecular weight is 520 g/mol. The number of likely N-dealkylation sites (tertiary alicyclic amines) is 1. The topological polar surface area (TPSA) is 91.8 Å². The fraction of sp³-hybridized carbons (Fsp3) is 0.519. The number of benzene rings is 1. The molecule has 1 aromatic carbocycles. The minimum atomic E-state index is -4.20. The molecule has 4 rings (SSSR count). The number of rotatable bonds is 8. The Morgan fingerprint density at radius 2 is 1.81 bits per heavy atom. The summed E-state index contributed by atoms with van der Waals surface area (Å²) in [5, 5.41) is 12.6. The van der Waals surface area contributed by atoms with Gasteiger partial charge in [-0.1, -0.05) is 30.3 Å². The van der Waals surface area contributed by atoms with Crippen LogP contribution in [0.2, 0.25) is 0 Å². The number of aromatic nitrogens is 1. The van der Waals surface area contributed by atoms with Gasteiger partial charge in [0.25, 0.3) is 5.91 Å². The van der Waals surface area contributed by atoms with Crippen molar-refractivity contribution in [3.8, 4) is 5.75 Å². The van der Waals surface area contributed by atoms with Gasteiger partial charge in [0.1, 0.15) is 6.61 Å². The maximum atomic E-state index is 13.1. The Labute approximate surface area is 214 Å². The number of aliphatic hydroxyl groups excluding tert-OH is 1. The average Bonchev–Trinajstić information content (AvgIpc) is 3.39. The summed E-state index contributed by atoms with van der Waals surface area (Å²) in [5.74, 6) is -2.07. The molecule has 1 saturated heterocycles. The van der Waals surface area contributed by atoms with Crippen LogP contribution in [-0.2, 0) is 4.79 Å². The summed E-state index contributed by atoms with van der Waals surface area (Å²) in [6.07, 6.45) is -0.771. The van der Waals surface area contributed by atoms with E-state index >= 15 is 0 Å². The molecule has 2 atom stereocenters. The fourth-order valence-corrected chi connectivity index (χ4v) is 5.21. The lowest BCUT2D eigenvalue weighted by molar-refractivity contribution is -0.185. The lowest BCUT2D eigenvalue weighted by Gasteiger charge is -2.33. The number of carbonyl (C=O) groups excluding carboxylic acids is 2. The lowest BCUT2D eigenvalue weighted by Crippen LogP contribution is -2.44. The number of ether oxygens (including phenoxy) is 1. The zero-order valence-electron chi connectivity index (χ0n) is 20.5. The highest BCUT2D eigenvalue weighted by atomic mass is 19.4. The number of carbonyl (C=O) groups is 2. The van der Waals surface area contributed by atoms with Crippen molar-refractivity contribution in [3.05, 3.63) is 59.9 Å². The molecule has 37 heavy (non-hydrogen) atoms. The first-order chi connectivity index (χ1) is 17.8. The summed E-state index contributed by atoms with van der Waals surface area (Å²) in [6.45, 7) is 0.405. The van der Waals surface area contributed by atoms with Gasteiger partial charge < -0.3 is 20.1 Å². The van der Waals surface area contributed by atoms with E-state index in [1.807, 2.05) is 18.2 Å². The molecule has 0 unspecified atom stereocenters. The van der Waals surface area contributed by atoms with E-state index < -0.39 is 30.0 Å². The van der Waals surface area contributed by atoms with Gasteiger partial charge in [-0.05, 0) is 56.2 Å². The van der Waals surface area contributed by atoms with Crippen molar-refractivity contribution in [2.75, 3.05) is 19.8 Å². The van der Waals surface area contributed by atoms with Gasteiger partial charge in [0.2, 0.25) is 5.91 Å². The normalized spacial score (nSPS) is 22.9. The van der Waals surface area contributed by atoms with E-state index in [0.717, 1.165) is 12.0 Å². The van der Waals surface area contributed by atoms with Gasteiger partial charge in [0.05, 0.1) is 24.6 Å². The van der Waals surface area contributed by atoms with Crippen LogP contribution in [0.5, 0.6) is 5.75 Å². The van der Waals surface area contributed by atoms with Crippen molar-refractivity contribution in [3.63, 3.8) is 0 Å². The highest BCUT2D eigenvalue weighted by Gasteiger charge is 2.44. The lowest BCUT2D eigenvalue weighted by atomic mass is 9.81. The Kier molecular flexibility index (Phi) is 8.68. The predicted molar refractivity (Wildman–Crippen MR) is 130 cm³/mol. The van der Waals surface area contributed by atoms with Crippen molar-refractivity contribution >= 4 is 11.8 Å². The number of pyridine rings is 1. The Balaban J connectivity index is 1.36. The molecule has 1 aliphatic carbocycles. The molecule has 2 aromatic rings. The van der Waals surface area contributed by atoms with E-state index in [9.17, 15) is 27.9 Å². The standard InChI is InChI=1S/C27H32F3N3O4/c28-27(29,30)20-12-10-19(11-13-20)26(36)33-15-5-8-21(33)17-37-23-9-4-14-31-24(23)25(35)32-22(16-34)18-6-2-1-3-7-18/h1-4,6-7,9,14,19-22,34H,5,8,10-13,15-17H2,(H,32,35)/t19-,20-,21-,22+/m1/s1. The molecule has 2 heterocycles. The highest BCUT2D eigenvalue weighted by Crippen LogP contribution is 2.40. The van der Waals surface area contributed by atoms with Gasteiger partial charge in [0, 0.05) is 18.7 Å². The van der Waals surface area contributed by atoms with Crippen molar-refractivity contribution < 1.29 is 32.6 Å². The number of amides is 2. The molecule has 10 heteroatoms. The molecule has 0 bridgehead atoms. The number of halogens is 3. The molecule has 200 valence electrons. The third-order valence-corrected chi connectivity index (χ3v) is 7.31. The van der Waals surface area contributed by atoms with Crippen LogP contribution in [0.25, 0.3) is 0 Å². The van der Waals surface area contributed by atoms with Crippen LogP contribution < -0.4 is 10.1 Å². The van der Waals surface area contributed by atoms with E-state index in [4.69, 9.17) is 4.74 Å². The molecule has 0 radical (unpaired) electrons. The van der Waals surface area contributed by atoms with Gasteiger partial charge in [0.15, 0.2) is 11.4 Å². The number of aliphatic hydroxyl groups is 1. The van der Waals surface area contributed by atoms with Gasteiger partial charge in [-0.3, -0.25) is 9.59 Å². The summed E-state index contributed by atoms with van der Waals surface area (Å²) in [5.41, 5.74) is 0.819. The summed E-state index contributed by atoms with van der Waals surface area (Å²) < 4.78 is 45.0. The summed E-state index contributed by atoms with van der Waals surface area (Å²) in [6, 6.07) is 11.5. The maximum absolute atomic E-state index is 13.1. The molecular formula is C27H32F3N3O4. The zero-order chi connectivity index (χ0) is 26.4. The van der Waals surface area contributed by atoms with E-state index in [0.29, 0.717) is 13.0 Å². The fourth-order valence-electron chi connectivity index (χ4n) is 5.21. The third-order valence-electron chi connectivity index (χ3n) is 7.31. The van der Waals surface area contributed by atoms with Crippen LogP contribution >= 0.6 is 0 Å². The molecule has 1 saturated carbocycles. The monoisotopic (exact) mass is 519 g/mol. The number of nitrogens with zero attached hydrogens (tertiary/aromatic N) is 2. The number of alkyl halides is 3. The molecule has 1 aromatic heterocycles. The highest BCUT2D eigenvalue weighted by molar-refractivity contribution is 5.95. The smallest absolute Gasteiger partial charge is 0.391 e. The largest absolute Gasteiger partial charge is 0.489 e. The van der Waals surface area contributed by atoms with Crippen molar-refractivity contribution in [2.45, 2.75) is 56.8 Å². The summed E-state index contributed by atoms with van der Waals surface area (Å²) in [4.78, 5) is 32.0. The van der Waals surface area contributed by atoms with Crippen LogP contribution in [0.3, 0.4) is 0 Å². The Morgan fingerprint density at radius 1 is 1.08 bits per heavy atom. The van der Waals surface area contributed by atoms with Crippen LogP contribution in [-0.4, -0.2) is 58.8 Å². The second-order valence-corrected chi connectivity index (χ2v) is 9.70. The first-order valence-corrected chi connectivity index (χ1v) is 12.7. The Bertz CT molecular complexity index is 1060. The number of hydrogen-bond acceptors (Lipinski definition) is 5. The van der Waals surface area contributed by atoms with Crippen molar-refractivity contribution in [1.82, 2.24) is 15.2 Å². The van der Waals surface area contributed by atoms with E-state index in [1.165, 1.54) is 6.20 Å². The molecule has 2 N–H and O–H groups in total. The molecule has 2 fully saturated rings. The minimum absolute atomic E-state index is 0.0130. The van der Waals surface area contributed by atoms with E-state index in [-0.39, 0.29) is 62.3 Å². The molecule has 2 aliphatic rings. The zero-order valence-corrected chi connectivity index (χ0v) is 20.5. The first-order valence-electron chi connectivity index (χ1n) is 12.7. The minimum Gasteiger partial charge on any atom is -0.489 e. The van der Waals surface area contributed by atoms with Crippen molar-refractivity contribution in [1.29, 1.82) is 0 Å². The second kappa shape index (κ2) is 11.9.